The Bertz CT molecular complexity index is 455. The highest BCUT2D eigenvalue weighted by atomic mass is 16.2. The Balaban J connectivity index is 3.60. The molecule has 0 saturated heterocycles. The van der Waals surface area contributed by atoms with Crippen molar-refractivity contribution < 1.29 is 0 Å². The number of nitrogens with two attached hydrogens (primary N) is 1. The number of hydrogen-bond donors (Lipinski definition) is 1. The van der Waals surface area contributed by atoms with Crippen LogP contribution in [0.5, 0.6) is 0 Å². The van der Waals surface area contributed by atoms with Gasteiger partial charge in [0.15, 0.2) is 0 Å². The smallest absolute Gasteiger partial charge is 0.323 e. The lowest BCUT2D eigenvalue weighted by Gasteiger charge is -2.01. The molecule has 2 N–H and O–H groups in total. The summed E-state index contributed by atoms with van der Waals surface area (Å²) >= 11 is 0. The Kier molecular flexibility index (Phi) is 2.32. The zero-order valence-electron chi connectivity index (χ0n) is 7.39. The van der Waals surface area contributed by atoms with E-state index in [4.69, 9.17) is 5.84 Å². The van der Waals surface area contributed by atoms with Crippen molar-refractivity contribution in [2.75, 3.05) is 0 Å². The lowest BCUT2D eigenvalue weighted by molar-refractivity contribution is 0.684. The second kappa shape index (κ2) is 3.26. The Morgan fingerprint density at radius 2 is 2.08 bits per heavy atom. The summed E-state index contributed by atoms with van der Waals surface area (Å²) in [4.78, 5) is 22.5. The lowest BCUT2D eigenvalue weighted by Crippen LogP contribution is -2.38. The summed E-state index contributed by atoms with van der Waals surface area (Å²) in [6.07, 6.45) is 2.60. The monoisotopic (exact) mass is 182 g/mol. The third-order valence-corrected chi connectivity index (χ3v) is 1.69. The largest absolute Gasteiger partial charge is 0.330 e. The first-order valence-electron chi connectivity index (χ1n) is 3.58. The molecule has 0 aliphatic carbocycles. The first-order chi connectivity index (χ1) is 6.07. The summed E-state index contributed by atoms with van der Waals surface area (Å²) in [6.45, 7) is 0. The first-order valence-corrected chi connectivity index (χ1v) is 3.58. The molecule has 6 heteroatoms. The molecule has 0 aromatic carbocycles. The Morgan fingerprint density at radius 1 is 1.46 bits per heavy atom. The van der Waals surface area contributed by atoms with Crippen LogP contribution in [0.25, 0.3) is 0 Å². The quantitative estimate of drug-likeness (QED) is 0.322. The summed E-state index contributed by atoms with van der Waals surface area (Å²) in [7, 11) is 2.95. The fraction of sp³-hybridized carbons (Fsp3) is 0.286. The molecule has 0 aliphatic rings. The molecule has 0 bridgehead atoms. The topological polar surface area (TPSA) is 82.4 Å². The summed E-state index contributed by atoms with van der Waals surface area (Å²) in [5, 5.41) is 3.22. The van der Waals surface area contributed by atoms with E-state index in [1.807, 2.05) is 0 Å². The van der Waals surface area contributed by atoms with Crippen LogP contribution in [0.3, 0.4) is 0 Å². The molecule has 0 aliphatic heterocycles. The molecular formula is C7H10N4O2. The molecule has 1 rings (SSSR count). The van der Waals surface area contributed by atoms with Crippen molar-refractivity contribution in [3.8, 4) is 0 Å². The molecule has 0 saturated carbocycles. The molecule has 1 heterocycles. The van der Waals surface area contributed by atoms with Gasteiger partial charge in [0.1, 0.15) is 0 Å². The predicted molar refractivity (Wildman–Crippen MR) is 48.7 cm³/mol. The van der Waals surface area contributed by atoms with Crippen LogP contribution in [0.4, 0.5) is 0 Å². The molecule has 0 unspecified atom stereocenters. The molecule has 0 radical (unpaired) electrons. The molecule has 0 fully saturated rings. The molecule has 6 nitrogen and oxygen atoms in total. The van der Waals surface area contributed by atoms with E-state index in [0.29, 0.717) is 0 Å². The van der Waals surface area contributed by atoms with Gasteiger partial charge >= 0.3 is 5.69 Å². The minimum Gasteiger partial charge on any atom is -0.323 e. The fourth-order valence-corrected chi connectivity index (χ4v) is 1.01. The zero-order chi connectivity index (χ0) is 10.0. The van der Waals surface area contributed by atoms with Crippen LogP contribution in [0, 0.1) is 0 Å². The van der Waals surface area contributed by atoms with Gasteiger partial charge in [-0.15, -0.1) is 0 Å². The number of nitrogens with zero attached hydrogens (tertiary/aromatic N) is 3. The predicted octanol–water partition coefficient (Wildman–Crippen LogP) is -1.62. The average Bonchev–Trinajstić information content (AvgIpc) is 2.11. The molecule has 70 valence electrons. The van der Waals surface area contributed by atoms with Crippen molar-refractivity contribution in [3.05, 3.63) is 32.6 Å². The van der Waals surface area contributed by atoms with Gasteiger partial charge < -0.3 is 10.4 Å². The van der Waals surface area contributed by atoms with Gasteiger partial charge in [0.05, 0.1) is 11.8 Å². The van der Waals surface area contributed by atoms with Gasteiger partial charge in [-0.2, -0.15) is 5.10 Å². The highest BCUT2D eigenvalue weighted by Crippen LogP contribution is 1.80. The Labute approximate surface area is 73.9 Å². The van der Waals surface area contributed by atoms with Gasteiger partial charge in [0.25, 0.3) is 5.56 Å². The van der Waals surface area contributed by atoms with Crippen LogP contribution in [0.15, 0.2) is 20.9 Å². The van der Waals surface area contributed by atoms with E-state index in [0.717, 1.165) is 4.57 Å². The van der Waals surface area contributed by atoms with E-state index in [-0.39, 0.29) is 11.3 Å². The molecule has 1 aromatic rings. The molecule has 0 spiro atoms. The number of hydrazone groups is 1. The van der Waals surface area contributed by atoms with E-state index < -0.39 is 5.56 Å². The number of hydrogen-bond acceptors (Lipinski definition) is 4. The number of rotatable bonds is 1. The second-order valence-corrected chi connectivity index (χ2v) is 2.62. The SMILES string of the molecule is Cn1cc(/C=N/N)c(=O)n(C)c1=O. The van der Waals surface area contributed by atoms with Crippen LogP contribution in [0.1, 0.15) is 5.56 Å². The number of aromatic nitrogens is 2. The number of aryl methyl sites for hydroxylation is 1. The third kappa shape index (κ3) is 1.51. The molecular weight excluding hydrogens is 172 g/mol. The fourth-order valence-electron chi connectivity index (χ4n) is 1.01. The highest BCUT2D eigenvalue weighted by Gasteiger charge is 2.03. The van der Waals surface area contributed by atoms with E-state index in [1.54, 1.807) is 7.05 Å². The summed E-state index contributed by atoms with van der Waals surface area (Å²) < 4.78 is 2.29. The zero-order valence-corrected chi connectivity index (χ0v) is 7.39. The van der Waals surface area contributed by atoms with Crippen molar-refractivity contribution in [2.24, 2.45) is 25.0 Å². The van der Waals surface area contributed by atoms with Crippen LogP contribution >= 0.6 is 0 Å². The standard InChI is InChI=1S/C7H10N4O2/c1-10-4-5(3-9-8)6(12)11(2)7(10)13/h3-4H,8H2,1-2H3/b9-3+. The Morgan fingerprint density at radius 3 is 2.62 bits per heavy atom. The summed E-state index contributed by atoms with van der Waals surface area (Å²) in [5.74, 6) is 4.90. The van der Waals surface area contributed by atoms with Gasteiger partial charge in [-0.1, -0.05) is 0 Å². The van der Waals surface area contributed by atoms with E-state index in [9.17, 15) is 9.59 Å². The van der Waals surface area contributed by atoms with Gasteiger partial charge in [-0.25, -0.2) is 4.79 Å². The van der Waals surface area contributed by atoms with Crippen LogP contribution < -0.4 is 17.1 Å². The van der Waals surface area contributed by atoms with Crippen molar-refractivity contribution in [1.82, 2.24) is 9.13 Å². The van der Waals surface area contributed by atoms with Gasteiger partial charge in [0, 0.05) is 20.3 Å². The maximum Gasteiger partial charge on any atom is 0.330 e. The summed E-state index contributed by atoms with van der Waals surface area (Å²) in [6, 6.07) is 0. The van der Waals surface area contributed by atoms with E-state index in [2.05, 4.69) is 5.10 Å². The molecule has 13 heavy (non-hydrogen) atoms. The Hall–Kier alpha value is -1.85. The van der Waals surface area contributed by atoms with Gasteiger partial charge in [-0.05, 0) is 0 Å². The van der Waals surface area contributed by atoms with Crippen molar-refractivity contribution in [2.45, 2.75) is 0 Å². The molecule has 1 aromatic heterocycles. The van der Waals surface area contributed by atoms with Crippen molar-refractivity contribution in [3.63, 3.8) is 0 Å². The van der Waals surface area contributed by atoms with Crippen molar-refractivity contribution >= 4 is 6.21 Å². The van der Waals surface area contributed by atoms with E-state index >= 15 is 0 Å². The third-order valence-electron chi connectivity index (χ3n) is 1.69. The first kappa shape index (κ1) is 9.24. The maximum atomic E-state index is 11.3. The normalized spacial score (nSPS) is 10.9. The van der Waals surface area contributed by atoms with Crippen LogP contribution in [0.2, 0.25) is 0 Å². The second-order valence-electron chi connectivity index (χ2n) is 2.62. The maximum absolute atomic E-state index is 11.3. The van der Waals surface area contributed by atoms with Crippen LogP contribution in [-0.4, -0.2) is 15.3 Å². The van der Waals surface area contributed by atoms with Crippen LogP contribution in [-0.2, 0) is 14.1 Å². The van der Waals surface area contributed by atoms with Crippen molar-refractivity contribution in [1.29, 1.82) is 0 Å². The van der Waals surface area contributed by atoms with Gasteiger partial charge in [0.2, 0.25) is 0 Å². The van der Waals surface area contributed by atoms with Gasteiger partial charge in [-0.3, -0.25) is 9.36 Å². The van der Waals surface area contributed by atoms with E-state index in [1.165, 1.54) is 24.0 Å². The minimum absolute atomic E-state index is 0.284. The summed E-state index contributed by atoms with van der Waals surface area (Å²) in [5.41, 5.74) is -0.497. The minimum atomic E-state index is -0.405. The lowest BCUT2D eigenvalue weighted by atomic mass is 10.3. The molecule has 0 amide bonds. The highest BCUT2D eigenvalue weighted by molar-refractivity contribution is 5.78. The average molecular weight is 182 g/mol. The molecule has 0 atom stereocenters.